The maximum atomic E-state index is 4.40. The van der Waals surface area contributed by atoms with E-state index in [0.29, 0.717) is 0 Å². The van der Waals surface area contributed by atoms with E-state index in [1.54, 1.807) is 0 Å². The number of nitrogens with zero attached hydrogens (tertiary/aromatic N) is 1. The van der Waals surface area contributed by atoms with Crippen LogP contribution in [0.3, 0.4) is 0 Å². The molecule has 1 aliphatic heterocycles. The van der Waals surface area contributed by atoms with Crippen LogP contribution >= 0.6 is 0 Å². The van der Waals surface area contributed by atoms with Crippen molar-refractivity contribution in [3.8, 4) is 0 Å². The van der Waals surface area contributed by atoms with Gasteiger partial charge in [-0.3, -0.25) is 4.98 Å². The van der Waals surface area contributed by atoms with E-state index >= 15 is 0 Å². The zero-order valence-electron chi connectivity index (χ0n) is 10.5. The number of hydrogen-bond donors (Lipinski definition) is 1. The van der Waals surface area contributed by atoms with E-state index in [2.05, 4.69) is 50.1 Å². The lowest BCUT2D eigenvalue weighted by Crippen LogP contribution is -2.45. The molecule has 0 radical (unpaired) electrons. The summed E-state index contributed by atoms with van der Waals surface area (Å²) in [5.74, 6) is 0. The first-order valence-electron chi connectivity index (χ1n) is 5.80. The molecule has 2 heterocycles. The van der Waals surface area contributed by atoms with Crippen LogP contribution in [-0.4, -0.2) is 10.5 Å². The lowest BCUT2D eigenvalue weighted by atomic mass is 9.76. The number of allylic oxidation sites excluding steroid dienone is 1. The largest absolute Gasteiger partial charge is 0.379 e. The minimum atomic E-state index is 0.130. The molecule has 0 spiro atoms. The quantitative estimate of drug-likeness (QED) is 0.779. The molecule has 0 atom stereocenters. The van der Waals surface area contributed by atoms with Crippen LogP contribution in [0.2, 0.25) is 0 Å². The summed E-state index contributed by atoms with van der Waals surface area (Å²) in [6.07, 6.45) is 5.27. The van der Waals surface area contributed by atoms with Gasteiger partial charge in [-0.2, -0.15) is 0 Å². The first-order chi connectivity index (χ1) is 7.38. The highest BCUT2D eigenvalue weighted by Gasteiger charge is 2.33. The first-order valence-corrected chi connectivity index (χ1v) is 5.80. The molecule has 0 amide bonds. The monoisotopic (exact) mass is 216 g/mol. The molecule has 0 aliphatic carbocycles. The molecule has 2 rings (SSSR count). The molecule has 0 unspecified atom stereocenters. The van der Waals surface area contributed by atoms with Crippen LogP contribution < -0.4 is 5.32 Å². The lowest BCUT2D eigenvalue weighted by Gasteiger charge is -2.40. The van der Waals surface area contributed by atoms with Crippen LogP contribution in [0.1, 0.15) is 39.8 Å². The molecule has 2 heteroatoms. The van der Waals surface area contributed by atoms with Crippen molar-refractivity contribution in [3.05, 3.63) is 36.2 Å². The Morgan fingerprint density at radius 3 is 2.50 bits per heavy atom. The number of pyridine rings is 1. The Kier molecular flexibility index (Phi) is 2.53. The van der Waals surface area contributed by atoms with E-state index in [0.717, 1.165) is 17.8 Å². The van der Waals surface area contributed by atoms with Crippen LogP contribution in [0.5, 0.6) is 0 Å². The molecule has 16 heavy (non-hydrogen) atoms. The van der Waals surface area contributed by atoms with Crippen molar-refractivity contribution in [2.24, 2.45) is 5.41 Å². The van der Waals surface area contributed by atoms with E-state index < -0.39 is 0 Å². The molecule has 0 fully saturated rings. The second-order valence-corrected chi connectivity index (χ2v) is 5.95. The summed E-state index contributed by atoms with van der Waals surface area (Å²) in [5.41, 5.74) is 2.54. The van der Waals surface area contributed by atoms with Gasteiger partial charge in [-0.25, -0.2) is 0 Å². The fourth-order valence-electron chi connectivity index (χ4n) is 2.69. The van der Waals surface area contributed by atoms with Gasteiger partial charge in [0.05, 0.1) is 11.4 Å². The average Bonchev–Trinajstić information content (AvgIpc) is 2.14. The lowest BCUT2D eigenvalue weighted by molar-refractivity contribution is 0.277. The van der Waals surface area contributed by atoms with Crippen LogP contribution in [0.15, 0.2) is 30.5 Å². The topological polar surface area (TPSA) is 24.9 Å². The van der Waals surface area contributed by atoms with Gasteiger partial charge in [0, 0.05) is 11.7 Å². The van der Waals surface area contributed by atoms with E-state index in [9.17, 15) is 0 Å². The Morgan fingerprint density at radius 2 is 1.94 bits per heavy atom. The van der Waals surface area contributed by atoms with Crippen molar-refractivity contribution in [1.29, 1.82) is 0 Å². The smallest absolute Gasteiger partial charge is 0.0858 e. The Bertz CT molecular complexity index is 402. The van der Waals surface area contributed by atoms with E-state index in [1.807, 2.05) is 18.3 Å². The molecule has 0 bridgehead atoms. The maximum Gasteiger partial charge on any atom is 0.0858 e. The molecule has 0 saturated heterocycles. The highest BCUT2D eigenvalue weighted by molar-refractivity contribution is 5.63. The molecular weight excluding hydrogens is 196 g/mol. The van der Waals surface area contributed by atoms with Gasteiger partial charge in [-0.15, -0.1) is 0 Å². The van der Waals surface area contributed by atoms with Crippen molar-refractivity contribution in [1.82, 2.24) is 10.3 Å². The van der Waals surface area contributed by atoms with Gasteiger partial charge < -0.3 is 5.32 Å². The molecule has 1 aromatic heterocycles. The third-order valence-corrected chi connectivity index (χ3v) is 2.85. The second-order valence-electron chi connectivity index (χ2n) is 5.95. The summed E-state index contributed by atoms with van der Waals surface area (Å²) in [4.78, 5) is 4.40. The van der Waals surface area contributed by atoms with E-state index in [4.69, 9.17) is 0 Å². The molecule has 1 aromatic rings. The van der Waals surface area contributed by atoms with Gasteiger partial charge >= 0.3 is 0 Å². The van der Waals surface area contributed by atoms with Crippen LogP contribution in [0.4, 0.5) is 0 Å². The Morgan fingerprint density at radius 1 is 1.19 bits per heavy atom. The average molecular weight is 216 g/mol. The predicted molar refractivity (Wildman–Crippen MR) is 67.8 cm³/mol. The fourth-order valence-corrected chi connectivity index (χ4v) is 2.69. The highest BCUT2D eigenvalue weighted by Crippen LogP contribution is 2.36. The summed E-state index contributed by atoms with van der Waals surface area (Å²) in [6, 6.07) is 6.03. The predicted octanol–water partition coefficient (Wildman–Crippen LogP) is 3.22. The normalized spacial score (nSPS) is 22.1. The molecule has 0 aromatic carbocycles. The molecule has 1 aliphatic rings. The van der Waals surface area contributed by atoms with Gasteiger partial charge in [-0.05, 0) is 37.8 Å². The fraction of sp³-hybridized carbons (Fsp3) is 0.500. The van der Waals surface area contributed by atoms with Crippen molar-refractivity contribution in [2.75, 3.05) is 0 Å². The summed E-state index contributed by atoms with van der Waals surface area (Å²) in [7, 11) is 0. The number of rotatable bonds is 1. The van der Waals surface area contributed by atoms with Crippen molar-refractivity contribution in [2.45, 2.75) is 39.7 Å². The summed E-state index contributed by atoms with van der Waals surface area (Å²) in [5, 5.41) is 3.56. The summed E-state index contributed by atoms with van der Waals surface area (Å²) < 4.78 is 0. The molecule has 0 saturated carbocycles. The Balaban J connectivity index is 2.38. The minimum absolute atomic E-state index is 0.130. The zero-order chi connectivity index (χ0) is 11.8. The second kappa shape index (κ2) is 3.62. The number of nitrogens with one attached hydrogen (secondary N) is 1. The first kappa shape index (κ1) is 11.2. The summed E-state index contributed by atoms with van der Waals surface area (Å²) >= 11 is 0. The van der Waals surface area contributed by atoms with Gasteiger partial charge in [0.2, 0.25) is 0 Å². The molecule has 86 valence electrons. The maximum absolute atomic E-state index is 4.40. The van der Waals surface area contributed by atoms with Crippen molar-refractivity contribution in [3.63, 3.8) is 0 Å². The third-order valence-electron chi connectivity index (χ3n) is 2.85. The van der Waals surface area contributed by atoms with Crippen molar-refractivity contribution >= 4 is 5.70 Å². The van der Waals surface area contributed by atoms with Gasteiger partial charge in [0.1, 0.15) is 0 Å². The summed E-state index contributed by atoms with van der Waals surface area (Å²) in [6.45, 7) is 9.03. The third kappa shape index (κ3) is 2.43. The molecular formula is C14H20N2. The van der Waals surface area contributed by atoms with Crippen LogP contribution in [-0.2, 0) is 0 Å². The molecule has 1 N–H and O–H groups in total. The van der Waals surface area contributed by atoms with E-state index in [1.165, 1.54) is 0 Å². The Hall–Kier alpha value is -1.31. The standard InChI is InChI=1S/C14H20N2/c1-13(2)9-12(16-14(3,4)10-13)11-7-5-6-8-15-11/h5-9,16H,10H2,1-4H3. The minimum Gasteiger partial charge on any atom is -0.379 e. The molecule has 2 nitrogen and oxygen atoms in total. The SMILES string of the molecule is CC1(C)C=C(c2ccccn2)NC(C)(C)C1. The Labute approximate surface area is 97.8 Å². The van der Waals surface area contributed by atoms with Crippen molar-refractivity contribution < 1.29 is 0 Å². The highest BCUT2D eigenvalue weighted by atomic mass is 15.0. The van der Waals surface area contributed by atoms with Crippen LogP contribution in [0, 0.1) is 5.41 Å². The van der Waals surface area contributed by atoms with E-state index in [-0.39, 0.29) is 11.0 Å². The number of hydrogen-bond acceptors (Lipinski definition) is 2. The van der Waals surface area contributed by atoms with Gasteiger partial charge in [0.15, 0.2) is 0 Å². The van der Waals surface area contributed by atoms with Crippen LogP contribution in [0.25, 0.3) is 5.70 Å². The number of aromatic nitrogens is 1. The zero-order valence-corrected chi connectivity index (χ0v) is 10.5. The van der Waals surface area contributed by atoms with Gasteiger partial charge in [-0.1, -0.05) is 26.0 Å². The van der Waals surface area contributed by atoms with Gasteiger partial charge in [0.25, 0.3) is 0 Å².